The fourth-order valence-corrected chi connectivity index (χ4v) is 0.249. The van der Waals surface area contributed by atoms with Gasteiger partial charge in [-0.3, -0.25) is 9.59 Å². The molecular formula is C5H8CeO2. The Bertz CT molecular complexity index is 98.6. The Balaban J connectivity index is 0. The molecule has 0 unspecified atom stereocenters. The topological polar surface area (TPSA) is 34.1 Å². The standard InChI is InChI=1S/C5H8O2.Ce/c1-3-5(7)4(2)6;/h3H2,1-2H3;. The second-order valence-electron chi connectivity index (χ2n) is 1.33. The summed E-state index contributed by atoms with van der Waals surface area (Å²) < 4.78 is 0. The van der Waals surface area contributed by atoms with Crippen molar-refractivity contribution < 1.29 is 51.3 Å². The normalized spacial score (nSPS) is 7.25. The maximum Gasteiger partial charge on any atom is 0.197 e. The zero-order valence-electron chi connectivity index (χ0n) is 5.02. The maximum atomic E-state index is 10.2. The molecule has 0 rings (SSSR count). The van der Waals surface area contributed by atoms with Gasteiger partial charge < -0.3 is 0 Å². The van der Waals surface area contributed by atoms with E-state index in [9.17, 15) is 9.59 Å². The van der Waals surface area contributed by atoms with Crippen LogP contribution >= 0.6 is 0 Å². The van der Waals surface area contributed by atoms with Gasteiger partial charge >= 0.3 is 0 Å². The predicted octanol–water partition coefficient (Wildman–Crippen LogP) is 0.554. The van der Waals surface area contributed by atoms with Gasteiger partial charge in [0.15, 0.2) is 11.6 Å². The third kappa shape index (κ3) is 4.87. The van der Waals surface area contributed by atoms with Gasteiger partial charge in [-0.1, -0.05) is 6.92 Å². The number of carbonyl (C=O) groups is 2. The van der Waals surface area contributed by atoms with E-state index in [4.69, 9.17) is 0 Å². The van der Waals surface area contributed by atoms with Crippen LogP contribution in [0.4, 0.5) is 0 Å². The second-order valence-corrected chi connectivity index (χ2v) is 1.33. The van der Waals surface area contributed by atoms with E-state index < -0.39 is 0 Å². The Morgan fingerprint density at radius 2 is 1.75 bits per heavy atom. The molecule has 0 aliphatic rings. The van der Waals surface area contributed by atoms with E-state index in [0.717, 1.165) is 0 Å². The van der Waals surface area contributed by atoms with Crippen molar-refractivity contribution in [2.75, 3.05) is 0 Å². The van der Waals surface area contributed by atoms with Gasteiger partial charge in [0.05, 0.1) is 0 Å². The van der Waals surface area contributed by atoms with Gasteiger partial charge in [0.25, 0.3) is 0 Å². The predicted molar refractivity (Wildman–Crippen MR) is 26.0 cm³/mol. The monoisotopic (exact) mass is 240 g/mol. The van der Waals surface area contributed by atoms with Gasteiger partial charge in [0.1, 0.15) is 0 Å². The fraction of sp³-hybridized carbons (Fsp3) is 0.600. The third-order valence-corrected chi connectivity index (χ3v) is 0.714. The van der Waals surface area contributed by atoms with Gasteiger partial charge in [-0.2, -0.15) is 0 Å². The minimum Gasteiger partial charge on any atom is -0.291 e. The smallest absolute Gasteiger partial charge is 0.197 e. The van der Waals surface area contributed by atoms with Crippen LogP contribution in [0.25, 0.3) is 0 Å². The van der Waals surface area contributed by atoms with E-state index in [1.165, 1.54) is 6.92 Å². The summed E-state index contributed by atoms with van der Waals surface area (Å²) in [5, 5.41) is 0. The number of hydrogen-bond donors (Lipinski definition) is 0. The Morgan fingerprint density at radius 3 is 1.75 bits per heavy atom. The molecule has 0 aliphatic heterocycles. The molecular weight excluding hydrogens is 232 g/mol. The van der Waals surface area contributed by atoms with Gasteiger partial charge in [-0.15, -0.1) is 0 Å². The molecule has 8 heavy (non-hydrogen) atoms. The van der Waals surface area contributed by atoms with Crippen LogP contribution in [-0.4, -0.2) is 11.6 Å². The van der Waals surface area contributed by atoms with Crippen LogP contribution in [0.3, 0.4) is 0 Å². The summed E-state index contributed by atoms with van der Waals surface area (Å²) in [7, 11) is 0. The Morgan fingerprint density at radius 1 is 1.38 bits per heavy atom. The molecule has 0 fully saturated rings. The zero-order chi connectivity index (χ0) is 5.86. The molecule has 0 bridgehead atoms. The van der Waals surface area contributed by atoms with E-state index in [-0.39, 0.29) is 53.3 Å². The maximum absolute atomic E-state index is 10.2. The van der Waals surface area contributed by atoms with Crippen molar-refractivity contribution in [3.8, 4) is 0 Å². The Kier molecular flexibility index (Phi) is 8.41. The summed E-state index contributed by atoms with van der Waals surface area (Å²) in [4.78, 5) is 20.2. The van der Waals surface area contributed by atoms with Crippen LogP contribution in [0.15, 0.2) is 0 Å². The molecule has 0 saturated heterocycles. The van der Waals surface area contributed by atoms with Gasteiger partial charge in [0, 0.05) is 55.1 Å². The molecule has 0 amide bonds. The molecule has 0 N–H and O–H groups in total. The van der Waals surface area contributed by atoms with Crippen LogP contribution in [-0.2, 0) is 9.59 Å². The van der Waals surface area contributed by atoms with E-state index in [2.05, 4.69) is 0 Å². The first-order valence-corrected chi connectivity index (χ1v) is 2.22. The number of rotatable bonds is 2. The van der Waals surface area contributed by atoms with Crippen LogP contribution in [0, 0.1) is 41.7 Å². The molecule has 3 heteroatoms. The average Bonchev–Trinajstić information content (AvgIpc) is 1.65. The van der Waals surface area contributed by atoms with Crippen LogP contribution in [0.5, 0.6) is 0 Å². The zero-order valence-corrected chi connectivity index (χ0v) is 8.16. The Labute approximate surface area is 82.4 Å². The molecule has 44 valence electrons. The van der Waals surface area contributed by atoms with E-state index >= 15 is 0 Å². The van der Waals surface area contributed by atoms with Crippen molar-refractivity contribution in [2.24, 2.45) is 0 Å². The molecule has 0 aromatic heterocycles. The van der Waals surface area contributed by atoms with Gasteiger partial charge in [-0.05, 0) is 0 Å². The second kappa shape index (κ2) is 5.85. The molecule has 0 aromatic rings. The number of Topliss-reactive ketones (excluding diaryl/α,β-unsaturated/α-hetero) is 2. The van der Waals surface area contributed by atoms with Crippen LogP contribution in [0.1, 0.15) is 20.3 Å². The summed E-state index contributed by atoms with van der Waals surface area (Å²) in [5.74, 6) is -0.637. The Hall–Kier alpha value is 0.717. The molecule has 0 spiro atoms. The first-order chi connectivity index (χ1) is 3.18. The molecule has 0 radical (unpaired) electrons. The van der Waals surface area contributed by atoms with Crippen molar-refractivity contribution in [1.29, 1.82) is 0 Å². The summed E-state index contributed by atoms with van der Waals surface area (Å²) >= 11 is 0. The van der Waals surface area contributed by atoms with Crippen LogP contribution < -0.4 is 0 Å². The summed E-state index contributed by atoms with van der Waals surface area (Å²) in [6.45, 7) is 2.95. The van der Waals surface area contributed by atoms with Gasteiger partial charge in [0.2, 0.25) is 0 Å². The summed E-state index contributed by atoms with van der Waals surface area (Å²) in [6.07, 6.45) is 0.329. The minimum absolute atomic E-state index is 0. The number of hydrogen-bond acceptors (Lipinski definition) is 2. The van der Waals surface area contributed by atoms with Crippen molar-refractivity contribution in [1.82, 2.24) is 0 Å². The van der Waals surface area contributed by atoms with E-state index in [0.29, 0.717) is 6.42 Å². The largest absolute Gasteiger partial charge is 0.291 e. The first-order valence-electron chi connectivity index (χ1n) is 2.22. The summed E-state index contributed by atoms with van der Waals surface area (Å²) in [5.41, 5.74) is 0. The SMILES string of the molecule is CCC(=O)C(C)=O.[Ce]. The van der Waals surface area contributed by atoms with Crippen molar-refractivity contribution in [2.45, 2.75) is 20.3 Å². The van der Waals surface area contributed by atoms with Gasteiger partial charge in [-0.25, -0.2) is 0 Å². The first kappa shape index (κ1) is 11.5. The minimum atomic E-state index is -0.345. The average molecular weight is 240 g/mol. The molecule has 2 nitrogen and oxygen atoms in total. The molecule has 0 heterocycles. The molecule has 0 aromatic carbocycles. The van der Waals surface area contributed by atoms with Crippen molar-refractivity contribution in [3.05, 3.63) is 0 Å². The molecule has 0 aliphatic carbocycles. The van der Waals surface area contributed by atoms with Crippen molar-refractivity contribution >= 4 is 11.6 Å². The van der Waals surface area contributed by atoms with E-state index in [1.807, 2.05) is 0 Å². The van der Waals surface area contributed by atoms with E-state index in [1.54, 1.807) is 6.92 Å². The molecule has 0 saturated carbocycles. The number of ketones is 2. The van der Waals surface area contributed by atoms with Crippen molar-refractivity contribution in [3.63, 3.8) is 0 Å². The third-order valence-electron chi connectivity index (χ3n) is 0.714. The number of carbonyl (C=O) groups excluding carboxylic acids is 2. The quantitative estimate of drug-likeness (QED) is 0.661. The summed E-state index contributed by atoms with van der Waals surface area (Å²) in [6, 6.07) is 0. The van der Waals surface area contributed by atoms with Crippen LogP contribution in [0.2, 0.25) is 0 Å². The molecule has 0 atom stereocenters. The fourth-order valence-electron chi connectivity index (χ4n) is 0.249.